The molecule has 0 amide bonds. The average Bonchev–Trinajstić information content (AvgIpc) is 2.40. The zero-order chi connectivity index (χ0) is 15.1. The van der Waals surface area contributed by atoms with E-state index in [0.29, 0.717) is 12.1 Å². The van der Waals surface area contributed by atoms with Crippen molar-refractivity contribution >= 4 is 11.7 Å². The monoisotopic (exact) mass is 278 g/mol. The summed E-state index contributed by atoms with van der Waals surface area (Å²) in [4.78, 5) is 10.7. The van der Waals surface area contributed by atoms with Gasteiger partial charge >= 0.3 is 5.97 Å². The molecule has 1 rings (SSSR count). The molecule has 108 valence electrons. The molecule has 2 N–H and O–H groups in total. The van der Waals surface area contributed by atoms with E-state index in [4.69, 9.17) is 10.4 Å². The van der Waals surface area contributed by atoms with E-state index in [-0.39, 0.29) is 17.5 Å². The molecule has 0 aromatic heterocycles. The Morgan fingerprint density at radius 3 is 2.70 bits per heavy atom. The van der Waals surface area contributed by atoms with Crippen LogP contribution < -0.4 is 5.32 Å². The van der Waals surface area contributed by atoms with Crippen LogP contribution in [0.25, 0.3) is 0 Å². The van der Waals surface area contributed by atoms with Gasteiger partial charge in [0.1, 0.15) is 5.82 Å². The summed E-state index contributed by atoms with van der Waals surface area (Å²) >= 11 is 0. The van der Waals surface area contributed by atoms with E-state index in [9.17, 15) is 9.18 Å². The van der Waals surface area contributed by atoms with E-state index >= 15 is 0 Å². The van der Waals surface area contributed by atoms with Gasteiger partial charge in [-0.25, -0.2) is 4.39 Å². The number of carbonyl (C=O) groups is 1. The lowest BCUT2D eigenvalue weighted by atomic mass is 10.0. The van der Waals surface area contributed by atoms with Gasteiger partial charge in [-0.15, -0.1) is 0 Å². The molecule has 0 fully saturated rings. The van der Waals surface area contributed by atoms with E-state index in [2.05, 4.69) is 5.32 Å². The topological polar surface area (TPSA) is 73.1 Å². The third-order valence-electron chi connectivity index (χ3n) is 3.20. The van der Waals surface area contributed by atoms with Crippen molar-refractivity contribution in [2.24, 2.45) is 5.92 Å². The SMILES string of the molecule is CC(CCCC(C)C(=O)O)Nc1ccc(C#N)cc1F. The third kappa shape index (κ3) is 4.88. The Labute approximate surface area is 118 Å². The number of aliphatic carboxylic acids is 1. The molecule has 1 aromatic rings. The van der Waals surface area contributed by atoms with Gasteiger partial charge in [-0.2, -0.15) is 5.26 Å². The predicted molar refractivity (Wildman–Crippen MR) is 74.9 cm³/mol. The summed E-state index contributed by atoms with van der Waals surface area (Å²) < 4.78 is 13.7. The molecule has 4 nitrogen and oxygen atoms in total. The normalized spacial score (nSPS) is 13.3. The molecular weight excluding hydrogens is 259 g/mol. The van der Waals surface area contributed by atoms with Crippen molar-refractivity contribution in [3.05, 3.63) is 29.6 Å². The van der Waals surface area contributed by atoms with Gasteiger partial charge in [-0.05, 0) is 38.0 Å². The molecule has 0 spiro atoms. The third-order valence-corrected chi connectivity index (χ3v) is 3.20. The van der Waals surface area contributed by atoms with Crippen LogP contribution >= 0.6 is 0 Å². The van der Waals surface area contributed by atoms with Crippen molar-refractivity contribution in [1.82, 2.24) is 0 Å². The molecule has 5 heteroatoms. The van der Waals surface area contributed by atoms with Crippen LogP contribution in [0.5, 0.6) is 0 Å². The summed E-state index contributed by atoms with van der Waals surface area (Å²) in [5.74, 6) is -1.59. The molecular formula is C15H19FN2O2. The summed E-state index contributed by atoms with van der Waals surface area (Å²) in [5.41, 5.74) is 0.652. The minimum Gasteiger partial charge on any atom is -0.481 e. The Morgan fingerprint density at radius 1 is 1.45 bits per heavy atom. The first kappa shape index (κ1) is 16.0. The second-order valence-corrected chi connectivity index (χ2v) is 5.02. The molecule has 0 aliphatic heterocycles. The zero-order valence-corrected chi connectivity index (χ0v) is 11.7. The second-order valence-electron chi connectivity index (χ2n) is 5.02. The molecule has 0 saturated heterocycles. The number of anilines is 1. The molecule has 0 radical (unpaired) electrons. The number of nitrogens with zero attached hydrogens (tertiary/aromatic N) is 1. The number of nitriles is 1. The largest absolute Gasteiger partial charge is 0.481 e. The molecule has 1 aromatic carbocycles. The number of hydrogen-bond donors (Lipinski definition) is 2. The van der Waals surface area contributed by atoms with Crippen LogP contribution in [0.4, 0.5) is 10.1 Å². The quantitative estimate of drug-likeness (QED) is 0.801. The van der Waals surface area contributed by atoms with Crippen LogP contribution in [0.1, 0.15) is 38.7 Å². The first-order valence-electron chi connectivity index (χ1n) is 6.63. The number of carboxylic acids is 1. The minimum absolute atomic E-state index is 0.0402. The number of carboxylic acid groups (broad SMARTS) is 1. The Kier molecular flexibility index (Phi) is 5.98. The second kappa shape index (κ2) is 7.49. The Morgan fingerprint density at radius 2 is 2.15 bits per heavy atom. The van der Waals surface area contributed by atoms with Crippen molar-refractivity contribution < 1.29 is 14.3 Å². The summed E-state index contributed by atoms with van der Waals surface area (Å²) in [6, 6.07) is 6.22. The molecule has 0 aliphatic carbocycles. The number of hydrogen-bond acceptors (Lipinski definition) is 3. The van der Waals surface area contributed by atoms with Crippen LogP contribution in [0.15, 0.2) is 18.2 Å². The number of halogens is 1. The number of benzene rings is 1. The fourth-order valence-corrected chi connectivity index (χ4v) is 1.89. The van der Waals surface area contributed by atoms with E-state index in [1.54, 1.807) is 19.1 Å². The van der Waals surface area contributed by atoms with Crippen LogP contribution in [0.2, 0.25) is 0 Å². The molecule has 0 bridgehead atoms. The molecule has 0 saturated carbocycles. The van der Waals surface area contributed by atoms with Gasteiger partial charge in [-0.1, -0.05) is 13.3 Å². The first-order chi connectivity index (χ1) is 9.43. The van der Waals surface area contributed by atoms with Crippen LogP contribution in [0, 0.1) is 23.1 Å². The highest BCUT2D eigenvalue weighted by molar-refractivity contribution is 5.69. The molecule has 20 heavy (non-hydrogen) atoms. The Bertz CT molecular complexity index is 511. The van der Waals surface area contributed by atoms with Gasteiger partial charge in [0.05, 0.1) is 23.2 Å². The average molecular weight is 278 g/mol. The summed E-state index contributed by atoms with van der Waals surface area (Å²) in [6.07, 6.45) is 2.13. The highest BCUT2D eigenvalue weighted by atomic mass is 19.1. The lowest BCUT2D eigenvalue weighted by Gasteiger charge is -2.16. The Hall–Kier alpha value is -2.09. The molecule has 0 heterocycles. The van der Waals surface area contributed by atoms with Crippen molar-refractivity contribution in [2.45, 2.75) is 39.2 Å². The Balaban J connectivity index is 2.45. The molecule has 2 unspecified atom stereocenters. The standard InChI is InChI=1S/C15H19FN2O2/c1-10(15(19)20)4-3-5-11(2)18-14-7-6-12(9-17)8-13(14)16/h6-8,10-11,18H,3-5H2,1-2H3,(H,19,20). The predicted octanol–water partition coefficient (Wildman–Crippen LogP) is 3.39. The minimum atomic E-state index is -0.788. The van der Waals surface area contributed by atoms with Crippen LogP contribution in [-0.4, -0.2) is 17.1 Å². The molecule has 2 atom stereocenters. The fourth-order valence-electron chi connectivity index (χ4n) is 1.89. The van der Waals surface area contributed by atoms with Gasteiger partial charge < -0.3 is 10.4 Å². The number of rotatable bonds is 7. The highest BCUT2D eigenvalue weighted by Crippen LogP contribution is 2.18. The van der Waals surface area contributed by atoms with Gasteiger partial charge in [-0.3, -0.25) is 4.79 Å². The smallest absolute Gasteiger partial charge is 0.306 e. The van der Waals surface area contributed by atoms with Crippen molar-refractivity contribution in [3.63, 3.8) is 0 Å². The van der Waals surface area contributed by atoms with Crippen molar-refractivity contribution in [3.8, 4) is 6.07 Å². The van der Waals surface area contributed by atoms with Gasteiger partial charge in [0, 0.05) is 6.04 Å². The summed E-state index contributed by atoms with van der Waals surface area (Å²) in [5, 5.41) is 20.5. The van der Waals surface area contributed by atoms with E-state index in [0.717, 1.165) is 12.8 Å². The molecule has 0 aliphatic rings. The van der Waals surface area contributed by atoms with E-state index in [1.165, 1.54) is 6.07 Å². The number of nitrogens with one attached hydrogen (secondary N) is 1. The maximum Gasteiger partial charge on any atom is 0.306 e. The summed E-state index contributed by atoms with van der Waals surface area (Å²) in [7, 11) is 0. The van der Waals surface area contributed by atoms with E-state index in [1.807, 2.05) is 13.0 Å². The van der Waals surface area contributed by atoms with Gasteiger partial charge in [0.25, 0.3) is 0 Å². The van der Waals surface area contributed by atoms with Gasteiger partial charge in [0.2, 0.25) is 0 Å². The lowest BCUT2D eigenvalue weighted by Crippen LogP contribution is -2.17. The fraction of sp³-hybridized carbons (Fsp3) is 0.467. The summed E-state index contributed by atoms with van der Waals surface area (Å²) in [6.45, 7) is 3.60. The first-order valence-corrected chi connectivity index (χ1v) is 6.63. The maximum absolute atomic E-state index is 13.7. The van der Waals surface area contributed by atoms with Gasteiger partial charge in [0.15, 0.2) is 0 Å². The highest BCUT2D eigenvalue weighted by Gasteiger charge is 2.12. The van der Waals surface area contributed by atoms with Crippen LogP contribution in [-0.2, 0) is 4.79 Å². The van der Waals surface area contributed by atoms with E-state index < -0.39 is 11.8 Å². The lowest BCUT2D eigenvalue weighted by molar-refractivity contribution is -0.141. The zero-order valence-electron chi connectivity index (χ0n) is 11.7. The van der Waals surface area contributed by atoms with Crippen molar-refractivity contribution in [2.75, 3.05) is 5.32 Å². The van der Waals surface area contributed by atoms with Crippen LogP contribution in [0.3, 0.4) is 0 Å². The van der Waals surface area contributed by atoms with Crippen molar-refractivity contribution in [1.29, 1.82) is 5.26 Å². The maximum atomic E-state index is 13.7.